The molecule has 2 N–H and O–H groups in total. The van der Waals surface area contributed by atoms with Crippen LogP contribution >= 0.6 is 24.0 Å². The van der Waals surface area contributed by atoms with E-state index in [4.69, 9.17) is 9.15 Å². The monoisotopic (exact) mass is 490 g/mol. The summed E-state index contributed by atoms with van der Waals surface area (Å²) in [7, 11) is 0. The second-order valence-corrected chi connectivity index (χ2v) is 7.28. The third-order valence-corrected chi connectivity index (χ3v) is 3.81. The van der Waals surface area contributed by atoms with E-state index in [2.05, 4.69) is 27.1 Å². The zero-order valence-corrected chi connectivity index (χ0v) is 18.7. The van der Waals surface area contributed by atoms with Crippen LogP contribution in [0.2, 0.25) is 0 Å². The molecular weight excluding hydrogens is 459 g/mol. The molecule has 152 valence electrons. The Bertz CT molecular complexity index is 611. The van der Waals surface area contributed by atoms with Gasteiger partial charge in [-0.25, -0.2) is 4.79 Å². The molecule has 0 aliphatic carbocycles. The molecule has 2 heterocycles. The van der Waals surface area contributed by atoms with Gasteiger partial charge in [-0.1, -0.05) is 6.08 Å². The van der Waals surface area contributed by atoms with Gasteiger partial charge in [0.1, 0.15) is 11.4 Å². The second-order valence-electron chi connectivity index (χ2n) is 7.28. The van der Waals surface area contributed by atoms with Crippen molar-refractivity contribution in [3.05, 3.63) is 36.8 Å². The summed E-state index contributed by atoms with van der Waals surface area (Å²) in [6.07, 6.45) is 4.70. The molecule has 8 heteroatoms. The fourth-order valence-corrected chi connectivity index (χ4v) is 2.70. The first-order chi connectivity index (χ1) is 12.4. The Labute approximate surface area is 178 Å². The standard InChI is InChI=1S/C19H30N4O3.HI/c1-5-10-20-17(21-11-8-16-7-6-13-25-16)23-12-9-15(14-23)22-18(24)26-19(2,3)4;/h5-7,13,15H,1,8-12,14H2,2-4H3,(H,20,21)(H,22,24);1H. The number of ether oxygens (including phenoxy) is 1. The lowest BCUT2D eigenvalue weighted by Gasteiger charge is -2.23. The lowest BCUT2D eigenvalue weighted by Crippen LogP contribution is -2.44. The third kappa shape index (κ3) is 8.68. The number of amides is 1. The number of halogens is 1. The van der Waals surface area contributed by atoms with Crippen LogP contribution in [0.5, 0.6) is 0 Å². The molecule has 1 amide bonds. The minimum Gasteiger partial charge on any atom is -0.469 e. The Morgan fingerprint density at radius 3 is 2.93 bits per heavy atom. The number of carbonyl (C=O) groups excluding carboxylic acids is 1. The zero-order chi connectivity index (χ0) is 19.0. The number of furan rings is 1. The molecule has 1 saturated heterocycles. The maximum absolute atomic E-state index is 11.9. The lowest BCUT2D eigenvalue weighted by atomic mass is 10.2. The molecule has 1 aliphatic heterocycles. The van der Waals surface area contributed by atoms with Crippen LogP contribution in [0.15, 0.2) is 40.5 Å². The van der Waals surface area contributed by atoms with Crippen molar-refractivity contribution >= 4 is 36.0 Å². The van der Waals surface area contributed by atoms with Gasteiger partial charge in [0.15, 0.2) is 5.96 Å². The number of aliphatic imine (C=N–C) groups is 1. The van der Waals surface area contributed by atoms with Crippen molar-refractivity contribution in [1.29, 1.82) is 0 Å². The zero-order valence-electron chi connectivity index (χ0n) is 16.4. The lowest BCUT2D eigenvalue weighted by molar-refractivity contribution is 0.0507. The molecule has 0 aromatic carbocycles. The van der Waals surface area contributed by atoms with Gasteiger partial charge >= 0.3 is 6.09 Å². The van der Waals surface area contributed by atoms with Crippen molar-refractivity contribution in [2.45, 2.75) is 45.3 Å². The van der Waals surface area contributed by atoms with Crippen molar-refractivity contribution in [1.82, 2.24) is 15.5 Å². The number of hydrogen-bond acceptors (Lipinski definition) is 4. The minimum absolute atomic E-state index is 0. The number of rotatable bonds is 6. The van der Waals surface area contributed by atoms with Gasteiger partial charge in [-0.05, 0) is 39.3 Å². The second kappa shape index (κ2) is 11.2. The molecule has 2 rings (SSSR count). The molecule has 1 aromatic heterocycles. The largest absolute Gasteiger partial charge is 0.469 e. The highest BCUT2D eigenvalue weighted by atomic mass is 127. The van der Waals surface area contributed by atoms with Gasteiger partial charge in [-0.2, -0.15) is 0 Å². The van der Waals surface area contributed by atoms with Crippen LogP contribution in [-0.2, 0) is 11.2 Å². The molecular formula is C19H31IN4O3. The number of hydrogen-bond donors (Lipinski definition) is 2. The van der Waals surface area contributed by atoms with E-state index in [9.17, 15) is 4.79 Å². The molecule has 1 aliphatic rings. The van der Waals surface area contributed by atoms with E-state index in [1.807, 2.05) is 32.9 Å². The van der Waals surface area contributed by atoms with Crippen LogP contribution in [0.4, 0.5) is 4.79 Å². The van der Waals surface area contributed by atoms with Gasteiger partial charge in [0, 0.05) is 32.6 Å². The summed E-state index contributed by atoms with van der Waals surface area (Å²) in [6.45, 7) is 12.1. The molecule has 1 aromatic rings. The summed E-state index contributed by atoms with van der Waals surface area (Å²) >= 11 is 0. The van der Waals surface area contributed by atoms with E-state index in [0.29, 0.717) is 19.6 Å². The molecule has 1 atom stereocenters. The van der Waals surface area contributed by atoms with Crippen molar-refractivity contribution < 1.29 is 13.9 Å². The highest BCUT2D eigenvalue weighted by molar-refractivity contribution is 14.0. The fourth-order valence-electron chi connectivity index (χ4n) is 2.70. The Hall–Kier alpha value is -1.71. The van der Waals surface area contributed by atoms with Crippen molar-refractivity contribution in [2.75, 3.05) is 26.2 Å². The number of alkyl carbamates (subject to hydrolysis) is 1. The van der Waals surface area contributed by atoms with Crippen LogP contribution in [-0.4, -0.2) is 54.8 Å². The van der Waals surface area contributed by atoms with E-state index < -0.39 is 5.60 Å². The Morgan fingerprint density at radius 1 is 1.52 bits per heavy atom. The van der Waals surface area contributed by atoms with Crippen LogP contribution < -0.4 is 10.6 Å². The van der Waals surface area contributed by atoms with Crippen LogP contribution in [0.3, 0.4) is 0 Å². The van der Waals surface area contributed by atoms with Crippen molar-refractivity contribution in [2.24, 2.45) is 4.99 Å². The molecule has 0 radical (unpaired) electrons. The number of likely N-dealkylation sites (tertiary alicyclic amines) is 1. The van der Waals surface area contributed by atoms with Gasteiger partial charge in [0.2, 0.25) is 0 Å². The van der Waals surface area contributed by atoms with Crippen molar-refractivity contribution in [3.8, 4) is 0 Å². The molecule has 0 bridgehead atoms. The first-order valence-electron chi connectivity index (χ1n) is 9.03. The molecule has 7 nitrogen and oxygen atoms in total. The third-order valence-electron chi connectivity index (χ3n) is 3.81. The molecule has 27 heavy (non-hydrogen) atoms. The summed E-state index contributed by atoms with van der Waals surface area (Å²) in [4.78, 5) is 18.8. The Kier molecular flexibility index (Phi) is 9.68. The predicted molar refractivity (Wildman–Crippen MR) is 118 cm³/mol. The summed E-state index contributed by atoms with van der Waals surface area (Å²) in [5.41, 5.74) is -0.494. The quantitative estimate of drug-likeness (QED) is 0.277. The predicted octanol–water partition coefficient (Wildman–Crippen LogP) is 3.17. The first kappa shape index (κ1) is 23.3. The smallest absolute Gasteiger partial charge is 0.407 e. The first-order valence-corrected chi connectivity index (χ1v) is 9.03. The van der Waals surface area contributed by atoms with E-state index in [-0.39, 0.29) is 36.1 Å². The van der Waals surface area contributed by atoms with Crippen LogP contribution in [0.1, 0.15) is 33.0 Å². The highest BCUT2D eigenvalue weighted by Crippen LogP contribution is 2.12. The van der Waals surface area contributed by atoms with Gasteiger partial charge < -0.3 is 24.7 Å². The maximum Gasteiger partial charge on any atom is 0.407 e. The SMILES string of the molecule is C=CCNC(=NCCc1ccco1)N1CCC(NC(=O)OC(C)(C)C)C1.I. The Balaban J connectivity index is 0.00000364. The number of carbonyl (C=O) groups is 1. The summed E-state index contributed by atoms with van der Waals surface area (Å²) < 4.78 is 10.7. The number of nitrogens with one attached hydrogen (secondary N) is 2. The van der Waals surface area contributed by atoms with Gasteiger partial charge in [0.05, 0.1) is 12.3 Å². The van der Waals surface area contributed by atoms with E-state index in [0.717, 1.165) is 31.1 Å². The highest BCUT2D eigenvalue weighted by Gasteiger charge is 2.27. The van der Waals surface area contributed by atoms with Crippen molar-refractivity contribution in [3.63, 3.8) is 0 Å². The number of nitrogens with zero attached hydrogens (tertiary/aromatic N) is 2. The molecule has 1 fully saturated rings. The van der Waals surface area contributed by atoms with Gasteiger partial charge in [-0.3, -0.25) is 4.99 Å². The van der Waals surface area contributed by atoms with E-state index >= 15 is 0 Å². The summed E-state index contributed by atoms with van der Waals surface area (Å²) in [5, 5.41) is 6.22. The topological polar surface area (TPSA) is 79.1 Å². The Morgan fingerprint density at radius 2 is 2.30 bits per heavy atom. The fraction of sp³-hybridized carbons (Fsp3) is 0.579. The number of guanidine groups is 1. The molecule has 1 unspecified atom stereocenters. The normalized spacial score (nSPS) is 17.2. The van der Waals surface area contributed by atoms with Gasteiger partial charge in [-0.15, -0.1) is 30.6 Å². The maximum atomic E-state index is 11.9. The van der Waals surface area contributed by atoms with E-state index in [1.165, 1.54) is 0 Å². The van der Waals surface area contributed by atoms with E-state index in [1.54, 1.807) is 12.3 Å². The average Bonchev–Trinajstić information content (AvgIpc) is 3.20. The minimum atomic E-state index is -0.494. The van der Waals surface area contributed by atoms with Crippen LogP contribution in [0.25, 0.3) is 0 Å². The summed E-state index contributed by atoms with van der Waals surface area (Å²) in [5.74, 6) is 1.74. The molecule has 0 spiro atoms. The van der Waals surface area contributed by atoms with Gasteiger partial charge in [0.25, 0.3) is 0 Å². The van der Waals surface area contributed by atoms with Crippen LogP contribution in [0, 0.1) is 0 Å². The molecule has 0 saturated carbocycles. The average molecular weight is 490 g/mol. The summed E-state index contributed by atoms with van der Waals surface area (Å²) in [6, 6.07) is 3.87.